The van der Waals surface area contributed by atoms with Gasteiger partial charge in [-0.3, -0.25) is 0 Å². The first-order chi connectivity index (χ1) is 8.63. The van der Waals surface area contributed by atoms with Gasteiger partial charge < -0.3 is 4.90 Å². The van der Waals surface area contributed by atoms with Gasteiger partial charge in [0.25, 0.3) is 5.95 Å². The predicted octanol–water partition coefficient (Wildman–Crippen LogP) is 1.87. The number of aromatic nitrogens is 5. The summed E-state index contributed by atoms with van der Waals surface area (Å²) in [5.41, 5.74) is 0.899. The van der Waals surface area contributed by atoms with Crippen molar-refractivity contribution < 1.29 is 0 Å². The van der Waals surface area contributed by atoms with Gasteiger partial charge >= 0.3 is 0 Å². The summed E-state index contributed by atoms with van der Waals surface area (Å²) in [4.78, 5) is 14.6. The van der Waals surface area contributed by atoms with Crippen molar-refractivity contribution in [1.82, 2.24) is 24.7 Å². The lowest BCUT2D eigenvalue weighted by molar-refractivity contribution is 0.755. The Labute approximate surface area is 111 Å². The van der Waals surface area contributed by atoms with Crippen molar-refractivity contribution in [3.05, 3.63) is 23.2 Å². The Morgan fingerprint density at radius 1 is 1.22 bits per heavy atom. The highest BCUT2D eigenvalue weighted by atomic mass is 35.5. The standard InChI is InChI=1S/C11H15ClN6/c1-4-17(5-2)10-13-9(12)14-11(15-10)18-7-6-8(3)16-18/h6-7H,4-5H2,1-3H3. The highest BCUT2D eigenvalue weighted by Gasteiger charge is 2.11. The molecule has 0 saturated heterocycles. The molecule has 18 heavy (non-hydrogen) atoms. The second-order valence-corrected chi connectivity index (χ2v) is 4.12. The number of nitrogens with zero attached hydrogens (tertiary/aromatic N) is 6. The lowest BCUT2D eigenvalue weighted by atomic mass is 10.5. The molecule has 0 unspecified atom stereocenters. The summed E-state index contributed by atoms with van der Waals surface area (Å²) in [7, 11) is 0. The number of aryl methyl sites for hydroxylation is 1. The van der Waals surface area contributed by atoms with Crippen LogP contribution >= 0.6 is 11.6 Å². The summed E-state index contributed by atoms with van der Waals surface area (Å²) in [5.74, 6) is 1.01. The summed E-state index contributed by atoms with van der Waals surface area (Å²) in [6, 6.07) is 1.88. The average Bonchev–Trinajstić information content (AvgIpc) is 2.77. The zero-order chi connectivity index (χ0) is 13.1. The number of halogens is 1. The highest BCUT2D eigenvalue weighted by Crippen LogP contribution is 2.13. The molecule has 0 spiro atoms. The average molecular weight is 267 g/mol. The number of hydrogen-bond acceptors (Lipinski definition) is 5. The Morgan fingerprint density at radius 3 is 2.50 bits per heavy atom. The normalized spacial score (nSPS) is 10.7. The Hall–Kier alpha value is -1.69. The van der Waals surface area contributed by atoms with Crippen LogP contribution in [0.1, 0.15) is 19.5 Å². The largest absolute Gasteiger partial charge is 0.341 e. The van der Waals surface area contributed by atoms with Crippen molar-refractivity contribution in [2.45, 2.75) is 20.8 Å². The molecule has 0 bridgehead atoms. The van der Waals surface area contributed by atoms with Crippen LogP contribution in [-0.2, 0) is 0 Å². The zero-order valence-electron chi connectivity index (χ0n) is 10.6. The molecule has 0 aliphatic carbocycles. The van der Waals surface area contributed by atoms with E-state index >= 15 is 0 Å². The third-order valence-electron chi connectivity index (χ3n) is 2.56. The van der Waals surface area contributed by atoms with Gasteiger partial charge in [0.15, 0.2) is 0 Å². The maximum atomic E-state index is 5.93. The Kier molecular flexibility index (Phi) is 3.76. The number of rotatable bonds is 4. The first kappa shape index (κ1) is 12.8. The highest BCUT2D eigenvalue weighted by molar-refractivity contribution is 6.28. The van der Waals surface area contributed by atoms with Gasteiger partial charge in [0.05, 0.1) is 5.69 Å². The van der Waals surface area contributed by atoms with E-state index in [2.05, 4.69) is 20.1 Å². The lowest BCUT2D eigenvalue weighted by Crippen LogP contribution is -2.25. The molecule has 2 rings (SSSR count). The molecule has 0 saturated carbocycles. The van der Waals surface area contributed by atoms with Crippen LogP contribution < -0.4 is 4.90 Å². The van der Waals surface area contributed by atoms with Crippen LogP contribution in [0.15, 0.2) is 12.3 Å². The van der Waals surface area contributed by atoms with Gasteiger partial charge in [0, 0.05) is 19.3 Å². The Bertz CT molecular complexity index is 534. The van der Waals surface area contributed by atoms with Crippen molar-refractivity contribution in [2.75, 3.05) is 18.0 Å². The van der Waals surface area contributed by atoms with Crippen molar-refractivity contribution >= 4 is 17.5 Å². The monoisotopic (exact) mass is 266 g/mol. The molecule has 7 heteroatoms. The maximum absolute atomic E-state index is 5.93. The van der Waals surface area contributed by atoms with Crippen LogP contribution in [-0.4, -0.2) is 37.8 Å². The second kappa shape index (κ2) is 5.30. The zero-order valence-corrected chi connectivity index (χ0v) is 11.4. The topological polar surface area (TPSA) is 59.7 Å². The van der Waals surface area contributed by atoms with E-state index in [1.807, 2.05) is 31.7 Å². The van der Waals surface area contributed by atoms with E-state index in [0.29, 0.717) is 11.9 Å². The van der Waals surface area contributed by atoms with Crippen molar-refractivity contribution in [3.8, 4) is 5.95 Å². The van der Waals surface area contributed by atoms with Crippen LogP contribution in [0.3, 0.4) is 0 Å². The molecular formula is C11H15ClN6. The molecule has 0 aliphatic rings. The van der Waals surface area contributed by atoms with Crippen LogP contribution in [0, 0.1) is 6.92 Å². The summed E-state index contributed by atoms with van der Waals surface area (Å²) in [6.07, 6.45) is 1.80. The van der Waals surface area contributed by atoms with Gasteiger partial charge in [-0.1, -0.05) is 0 Å². The van der Waals surface area contributed by atoms with Gasteiger partial charge in [-0.15, -0.1) is 0 Å². The number of anilines is 1. The van der Waals surface area contributed by atoms with Gasteiger partial charge in [-0.2, -0.15) is 20.1 Å². The van der Waals surface area contributed by atoms with E-state index in [-0.39, 0.29) is 5.28 Å². The molecular weight excluding hydrogens is 252 g/mol. The molecule has 6 nitrogen and oxygen atoms in total. The molecule has 2 heterocycles. The fourth-order valence-corrected chi connectivity index (χ4v) is 1.76. The minimum Gasteiger partial charge on any atom is -0.341 e. The molecule has 0 atom stereocenters. The minimum absolute atomic E-state index is 0.176. The van der Waals surface area contributed by atoms with Gasteiger partial charge in [-0.25, -0.2) is 4.68 Å². The molecule has 0 fully saturated rings. The second-order valence-electron chi connectivity index (χ2n) is 3.78. The van der Waals surface area contributed by atoms with E-state index in [9.17, 15) is 0 Å². The van der Waals surface area contributed by atoms with E-state index in [1.165, 1.54) is 0 Å². The molecule has 96 valence electrons. The Balaban J connectivity index is 2.43. The van der Waals surface area contributed by atoms with E-state index in [4.69, 9.17) is 11.6 Å². The number of hydrogen-bond donors (Lipinski definition) is 0. The summed E-state index contributed by atoms with van der Waals surface area (Å²) >= 11 is 5.93. The van der Waals surface area contributed by atoms with Gasteiger partial charge in [0.2, 0.25) is 11.2 Å². The molecule has 0 aromatic carbocycles. The van der Waals surface area contributed by atoms with Gasteiger partial charge in [-0.05, 0) is 38.4 Å². The van der Waals surface area contributed by atoms with Crippen molar-refractivity contribution in [1.29, 1.82) is 0 Å². The molecule has 0 radical (unpaired) electrons. The first-order valence-corrected chi connectivity index (χ1v) is 6.21. The summed E-state index contributed by atoms with van der Waals surface area (Å²) in [5, 5.41) is 4.44. The maximum Gasteiger partial charge on any atom is 0.256 e. The SMILES string of the molecule is CCN(CC)c1nc(Cl)nc(-n2ccc(C)n2)n1. The molecule has 0 aliphatic heterocycles. The summed E-state index contributed by atoms with van der Waals surface area (Å²) in [6.45, 7) is 7.62. The van der Waals surface area contributed by atoms with Crippen LogP contribution in [0.2, 0.25) is 5.28 Å². The van der Waals surface area contributed by atoms with Crippen molar-refractivity contribution in [2.24, 2.45) is 0 Å². The van der Waals surface area contributed by atoms with E-state index < -0.39 is 0 Å². The fraction of sp³-hybridized carbons (Fsp3) is 0.455. The molecule has 0 N–H and O–H groups in total. The van der Waals surface area contributed by atoms with Crippen molar-refractivity contribution in [3.63, 3.8) is 0 Å². The van der Waals surface area contributed by atoms with E-state index in [1.54, 1.807) is 10.9 Å². The molecule has 2 aromatic heterocycles. The quantitative estimate of drug-likeness (QED) is 0.845. The molecule has 0 amide bonds. The smallest absolute Gasteiger partial charge is 0.256 e. The lowest BCUT2D eigenvalue weighted by Gasteiger charge is -2.18. The van der Waals surface area contributed by atoms with Crippen LogP contribution in [0.4, 0.5) is 5.95 Å². The van der Waals surface area contributed by atoms with Crippen LogP contribution in [0.5, 0.6) is 0 Å². The summed E-state index contributed by atoms with van der Waals surface area (Å²) < 4.78 is 1.59. The predicted molar refractivity (Wildman–Crippen MR) is 70.3 cm³/mol. The van der Waals surface area contributed by atoms with Crippen LogP contribution in [0.25, 0.3) is 5.95 Å². The molecule has 2 aromatic rings. The third-order valence-corrected chi connectivity index (χ3v) is 2.73. The first-order valence-electron chi connectivity index (χ1n) is 5.83. The third kappa shape index (κ3) is 2.59. The Morgan fingerprint density at radius 2 is 1.94 bits per heavy atom. The van der Waals surface area contributed by atoms with Gasteiger partial charge in [0.1, 0.15) is 0 Å². The minimum atomic E-state index is 0.176. The fourth-order valence-electron chi connectivity index (χ4n) is 1.61. The van der Waals surface area contributed by atoms with E-state index in [0.717, 1.165) is 18.8 Å².